The molecule has 0 bridgehead atoms. The van der Waals surface area contributed by atoms with Crippen molar-refractivity contribution >= 4 is 35.0 Å². The lowest BCUT2D eigenvalue weighted by Gasteiger charge is -2.31. The van der Waals surface area contributed by atoms with Crippen molar-refractivity contribution in [2.45, 2.75) is 24.9 Å². The number of ether oxygens (including phenoxy) is 1. The van der Waals surface area contributed by atoms with Crippen molar-refractivity contribution < 1.29 is 14.3 Å². The van der Waals surface area contributed by atoms with Crippen LogP contribution in [-0.4, -0.2) is 57.4 Å². The number of esters is 1. The van der Waals surface area contributed by atoms with Crippen LogP contribution in [0.15, 0.2) is 22.7 Å². The molecule has 1 fully saturated rings. The minimum atomic E-state index is -0.211. The lowest BCUT2D eigenvalue weighted by Crippen LogP contribution is -2.43. The van der Waals surface area contributed by atoms with Gasteiger partial charge in [-0.15, -0.1) is 16.4 Å². The molecule has 1 aliphatic heterocycles. The first-order valence-corrected chi connectivity index (χ1v) is 10.1. The number of carbonyl (C=O) groups is 2. The maximum atomic E-state index is 12.4. The lowest BCUT2D eigenvalue weighted by atomic mass is 9.98. The fourth-order valence-electron chi connectivity index (χ4n) is 2.71. The molecule has 1 saturated heterocycles. The van der Waals surface area contributed by atoms with Crippen LogP contribution in [0.25, 0.3) is 10.7 Å². The molecule has 3 heterocycles. The average molecular weight is 380 g/mol. The Morgan fingerprint density at radius 3 is 3.16 bits per heavy atom. The lowest BCUT2D eigenvalue weighted by molar-refractivity contribution is -0.151. The van der Waals surface area contributed by atoms with Gasteiger partial charge in [0.25, 0.3) is 0 Å². The molecule has 1 atom stereocenters. The van der Waals surface area contributed by atoms with Crippen molar-refractivity contribution in [1.82, 2.24) is 20.1 Å². The molecule has 0 aliphatic carbocycles. The van der Waals surface area contributed by atoms with Crippen molar-refractivity contribution in [3.8, 4) is 10.7 Å². The highest BCUT2D eigenvalue weighted by atomic mass is 32.2. The van der Waals surface area contributed by atoms with Gasteiger partial charge in [0.05, 0.1) is 23.2 Å². The number of aromatic nitrogens is 3. The van der Waals surface area contributed by atoms with Gasteiger partial charge in [-0.1, -0.05) is 17.8 Å². The topological polar surface area (TPSA) is 88.2 Å². The Morgan fingerprint density at radius 2 is 2.40 bits per heavy atom. The Kier molecular flexibility index (Phi) is 6.09. The molecule has 0 aromatic carbocycles. The van der Waals surface area contributed by atoms with Crippen LogP contribution >= 0.6 is 23.1 Å². The summed E-state index contributed by atoms with van der Waals surface area (Å²) in [5.41, 5.74) is 0. The highest BCUT2D eigenvalue weighted by Gasteiger charge is 2.29. The number of hydrogen-bond acceptors (Lipinski definition) is 7. The van der Waals surface area contributed by atoms with Gasteiger partial charge in [-0.05, 0) is 31.2 Å². The van der Waals surface area contributed by atoms with Crippen molar-refractivity contribution in [1.29, 1.82) is 0 Å². The van der Waals surface area contributed by atoms with Gasteiger partial charge in [-0.25, -0.2) is 4.98 Å². The molecule has 9 heteroatoms. The zero-order valence-corrected chi connectivity index (χ0v) is 15.6. The summed E-state index contributed by atoms with van der Waals surface area (Å²) in [5, 5.41) is 9.56. The number of piperidine rings is 1. The maximum Gasteiger partial charge on any atom is 0.310 e. The number of nitrogens with one attached hydrogen (secondary N) is 1. The number of carbonyl (C=O) groups excluding carboxylic acids is 2. The smallest absolute Gasteiger partial charge is 0.310 e. The second kappa shape index (κ2) is 8.48. The zero-order valence-electron chi connectivity index (χ0n) is 13.9. The molecular formula is C16H20N4O3S2. The van der Waals surface area contributed by atoms with Crippen LogP contribution in [0.2, 0.25) is 0 Å². The van der Waals surface area contributed by atoms with Crippen LogP contribution in [0.1, 0.15) is 19.8 Å². The van der Waals surface area contributed by atoms with Crippen LogP contribution in [-0.2, 0) is 14.3 Å². The van der Waals surface area contributed by atoms with E-state index in [4.69, 9.17) is 4.74 Å². The SMILES string of the molecule is CCOC(=O)[C@H]1CCCN(C(=O)CSc2n[nH]c(-c3cccs3)n2)C1. The maximum absolute atomic E-state index is 12.4. The fourth-order valence-corrected chi connectivity index (χ4v) is 4.07. The zero-order chi connectivity index (χ0) is 17.6. The number of thiophene rings is 1. The van der Waals surface area contributed by atoms with E-state index in [9.17, 15) is 9.59 Å². The monoisotopic (exact) mass is 380 g/mol. The molecule has 0 radical (unpaired) electrons. The molecule has 1 N–H and O–H groups in total. The van der Waals surface area contributed by atoms with Crippen LogP contribution in [0.4, 0.5) is 0 Å². The van der Waals surface area contributed by atoms with Crippen molar-refractivity contribution in [2.24, 2.45) is 5.92 Å². The van der Waals surface area contributed by atoms with E-state index in [-0.39, 0.29) is 23.5 Å². The summed E-state index contributed by atoms with van der Waals surface area (Å²) in [6.07, 6.45) is 1.60. The molecule has 3 rings (SSSR count). The van der Waals surface area contributed by atoms with Crippen LogP contribution < -0.4 is 0 Å². The fraction of sp³-hybridized carbons (Fsp3) is 0.500. The van der Waals surface area contributed by atoms with E-state index in [0.717, 1.165) is 17.7 Å². The number of nitrogens with zero attached hydrogens (tertiary/aromatic N) is 3. The molecule has 134 valence electrons. The third kappa shape index (κ3) is 4.60. The van der Waals surface area contributed by atoms with E-state index in [0.29, 0.717) is 30.7 Å². The third-order valence-electron chi connectivity index (χ3n) is 3.94. The summed E-state index contributed by atoms with van der Waals surface area (Å²) in [5.74, 6) is 0.558. The standard InChI is InChI=1S/C16H20N4O3S2/c1-2-23-15(22)11-5-3-7-20(9-11)13(21)10-25-16-17-14(18-19-16)12-6-4-8-24-12/h4,6,8,11H,2-3,5,7,9-10H2,1H3,(H,17,18,19)/t11-/m0/s1. The number of rotatable bonds is 6. The van der Waals surface area contributed by atoms with Gasteiger partial charge in [-0.2, -0.15) is 0 Å². The van der Waals surface area contributed by atoms with Crippen LogP contribution in [0, 0.1) is 5.92 Å². The minimum Gasteiger partial charge on any atom is -0.466 e. The summed E-state index contributed by atoms with van der Waals surface area (Å²) < 4.78 is 5.07. The van der Waals surface area contributed by atoms with Gasteiger partial charge in [-0.3, -0.25) is 14.7 Å². The van der Waals surface area contributed by atoms with E-state index in [2.05, 4.69) is 15.2 Å². The normalized spacial score (nSPS) is 17.5. The van der Waals surface area contributed by atoms with Gasteiger partial charge in [0.15, 0.2) is 5.82 Å². The molecule has 25 heavy (non-hydrogen) atoms. The molecule has 0 unspecified atom stereocenters. The van der Waals surface area contributed by atoms with E-state index in [1.54, 1.807) is 23.2 Å². The molecule has 2 aromatic rings. The summed E-state index contributed by atoms with van der Waals surface area (Å²) in [7, 11) is 0. The Bertz CT molecular complexity index is 717. The second-order valence-corrected chi connectivity index (χ2v) is 7.55. The molecule has 0 saturated carbocycles. The Balaban J connectivity index is 1.51. The third-order valence-corrected chi connectivity index (χ3v) is 5.65. The van der Waals surface area contributed by atoms with Crippen LogP contribution in [0.5, 0.6) is 0 Å². The summed E-state index contributed by atoms with van der Waals surface area (Å²) in [4.78, 5) is 31.4. The molecule has 7 nitrogen and oxygen atoms in total. The highest BCUT2D eigenvalue weighted by Crippen LogP contribution is 2.24. The van der Waals surface area contributed by atoms with Gasteiger partial charge in [0, 0.05) is 13.1 Å². The largest absolute Gasteiger partial charge is 0.466 e. The number of hydrogen-bond donors (Lipinski definition) is 1. The Hall–Kier alpha value is -1.87. The van der Waals surface area contributed by atoms with E-state index in [1.165, 1.54) is 11.8 Å². The number of amides is 1. The molecule has 2 aromatic heterocycles. The average Bonchev–Trinajstić information content (AvgIpc) is 3.31. The first kappa shape index (κ1) is 17.9. The summed E-state index contributed by atoms with van der Waals surface area (Å²) in [6, 6.07) is 3.92. The summed E-state index contributed by atoms with van der Waals surface area (Å²) in [6.45, 7) is 3.29. The highest BCUT2D eigenvalue weighted by molar-refractivity contribution is 7.99. The molecular weight excluding hydrogens is 360 g/mol. The molecule has 0 spiro atoms. The Labute approximate surface area is 154 Å². The van der Waals surface area contributed by atoms with Crippen molar-refractivity contribution in [3.63, 3.8) is 0 Å². The van der Waals surface area contributed by atoms with Gasteiger partial charge < -0.3 is 9.64 Å². The minimum absolute atomic E-state index is 0.00136. The van der Waals surface area contributed by atoms with Gasteiger partial charge in [0.1, 0.15) is 0 Å². The van der Waals surface area contributed by atoms with Crippen LogP contribution in [0.3, 0.4) is 0 Å². The number of H-pyrrole nitrogens is 1. The van der Waals surface area contributed by atoms with Crippen molar-refractivity contribution in [3.05, 3.63) is 17.5 Å². The number of aromatic amines is 1. The predicted octanol–water partition coefficient (Wildman–Crippen LogP) is 2.43. The van der Waals surface area contributed by atoms with E-state index < -0.39 is 0 Å². The first-order valence-electron chi connectivity index (χ1n) is 8.21. The Morgan fingerprint density at radius 1 is 1.52 bits per heavy atom. The first-order chi connectivity index (χ1) is 12.2. The van der Waals surface area contributed by atoms with Gasteiger partial charge >= 0.3 is 5.97 Å². The number of thioether (sulfide) groups is 1. The second-order valence-electron chi connectivity index (χ2n) is 5.66. The predicted molar refractivity (Wildman–Crippen MR) is 96.4 cm³/mol. The van der Waals surface area contributed by atoms with E-state index >= 15 is 0 Å². The van der Waals surface area contributed by atoms with Gasteiger partial charge in [0.2, 0.25) is 11.1 Å². The van der Waals surface area contributed by atoms with Crippen molar-refractivity contribution in [2.75, 3.05) is 25.4 Å². The summed E-state index contributed by atoms with van der Waals surface area (Å²) >= 11 is 2.89. The molecule has 1 amide bonds. The number of likely N-dealkylation sites (tertiary alicyclic amines) is 1. The quantitative estimate of drug-likeness (QED) is 0.612. The van der Waals surface area contributed by atoms with E-state index in [1.807, 2.05) is 17.5 Å². The molecule has 1 aliphatic rings.